The molecule has 1 aliphatic heterocycles. The number of carbonyl (C=O) groups excluding carboxylic acids is 2. The molecule has 1 aromatic carbocycles. The van der Waals surface area contributed by atoms with Crippen molar-refractivity contribution in [1.29, 1.82) is 0 Å². The van der Waals surface area contributed by atoms with Crippen LogP contribution in [0.25, 0.3) is 0 Å². The van der Waals surface area contributed by atoms with E-state index in [1.54, 1.807) is 11.0 Å². The predicted molar refractivity (Wildman–Crippen MR) is 90.8 cm³/mol. The Morgan fingerprint density at radius 3 is 2.62 bits per heavy atom. The van der Waals surface area contributed by atoms with Gasteiger partial charge in [0.15, 0.2) is 0 Å². The van der Waals surface area contributed by atoms with E-state index in [9.17, 15) is 14.7 Å². The Kier molecular flexibility index (Phi) is 6.03. The number of urea groups is 1. The van der Waals surface area contributed by atoms with Crippen molar-refractivity contribution in [2.75, 3.05) is 25.0 Å². The quantitative estimate of drug-likeness (QED) is 0.688. The summed E-state index contributed by atoms with van der Waals surface area (Å²) in [5.41, 5.74) is 4.29. The summed E-state index contributed by atoms with van der Waals surface area (Å²) in [6, 6.07) is 6.98. The van der Waals surface area contributed by atoms with Crippen LogP contribution in [0.1, 0.15) is 32.6 Å². The smallest absolute Gasteiger partial charge is 0.321 e. The first-order valence-electron chi connectivity index (χ1n) is 8.26. The van der Waals surface area contributed by atoms with Crippen molar-refractivity contribution < 1.29 is 19.4 Å². The van der Waals surface area contributed by atoms with Gasteiger partial charge in [-0.2, -0.15) is 0 Å². The van der Waals surface area contributed by atoms with Crippen LogP contribution in [0, 0.1) is 0 Å². The number of nitrogens with two attached hydrogens (primary N) is 1. The number of unbranched alkanes of at least 4 members (excludes halogenated alkanes) is 1. The van der Waals surface area contributed by atoms with Crippen LogP contribution in [0.3, 0.4) is 0 Å². The third-order valence-corrected chi connectivity index (χ3v) is 4.22. The zero-order valence-corrected chi connectivity index (χ0v) is 14.0. The number of anilines is 1. The van der Waals surface area contributed by atoms with Gasteiger partial charge in [-0.3, -0.25) is 4.79 Å². The normalized spacial score (nSPS) is 16.5. The molecule has 1 heterocycles. The molecule has 0 spiro atoms. The number of piperidine rings is 1. The number of aliphatic hydroxyl groups is 1. The Balaban J connectivity index is 1.95. The molecule has 1 saturated heterocycles. The minimum atomic E-state index is -1.52. The second-order valence-electron chi connectivity index (χ2n) is 6.01. The van der Waals surface area contributed by atoms with E-state index in [-0.39, 0.29) is 32.0 Å². The van der Waals surface area contributed by atoms with Crippen LogP contribution in [0.5, 0.6) is 5.75 Å². The Bertz CT molecular complexity index is 583. The first-order valence-corrected chi connectivity index (χ1v) is 8.26. The average Bonchev–Trinajstić information content (AvgIpc) is 2.57. The minimum absolute atomic E-state index is 0.143. The lowest BCUT2D eigenvalue weighted by Crippen LogP contribution is -2.54. The molecule has 7 nitrogen and oxygen atoms in total. The van der Waals surface area contributed by atoms with Gasteiger partial charge in [0.2, 0.25) is 5.91 Å². The molecule has 0 bridgehead atoms. The Labute approximate surface area is 141 Å². The lowest BCUT2D eigenvalue weighted by Gasteiger charge is -2.36. The molecule has 0 atom stereocenters. The molecule has 4 N–H and O–H groups in total. The first-order chi connectivity index (χ1) is 11.5. The molecule has 1 aliphatic rings. The zero-order valence-electron chi connectivity index (χ0n) is 14.0. The zero-order chi connectivity index (χ0) is 17.6. The fraction of sp³-hybridized carbons (Fsp3) is 0.529. The van der Waals surface area contributed by atoms with E-state index in [1.807, 2.05) is 18.2 Å². The van der Waals surface area contributed by atoms with Crippen LogP contribution in [0.4, 0.5) is 10.5 Å². The monoisotopic (exact) mass is 335 g/mol. The van der Waals surface area contributed by atoms with E-state index < -0.39 is 11.5 Å². The maximum absolute atomic E-state index is 12.4. The van der Waals surface area contributed by atoms with E-state index >= 15 is 0 Å². The molecule has 1 aromatic rings. The lowest BCUT2D eigenvalue weighted by atomic mass is 9.91. The van der Waals surface area contributed by atoms with Gasteiger partial charge in [-0.05, 0) is 18.6 Å². The number of primary amides is 1. The van der Waals surface area contributed by atoms with Gasteiger partial charge in [0.25, 0.3) is 0 Å². The number of rotatable bonds is 6. The van der Waals surface area contributed by atoms with Gasteiger partial charge in [0, 0.05) is 25.9 Å². The van der Waals surface area contributed by atoms with Crippen LogP contribution < -0.4 is 15.8 Å². The van der Waals surface area contributed by atoms with Crippen LogP contribution in [0.15, 0.2) is 24.3 Å². The molecule has 0 saturated carbocycles. The minimum Gasteiger partial charge on any atom is -0.491 e. The molecular weight excluding hydrogens is 310 g/mol. The summed E-state index contributed by atoms with van der Waals surface area (Å²) in [6.45, 7) is 3.22. The van der Waals surface area contributed by atoms with Crippen molar-refractivity contribution in [2.24, 2.45) is 5.73 Å². The fourth-order valence-electron chi connectivity index (χ4n) is 2.54. The summed E-state index contributed by atoms with van der Waals surface area (Å²) in [7, 11) is 0. The molecular formula is C17H25N3O4. The van der Waals surface area contributed by atoms with Crippen LogP contribution in [-0.4, -0.2) is 47.2 Å². The molecule has 0 aliphatic carbocycles. The average molecular weight is 335 g/mol. The predicted octanol–water partition coefficient (Wildman–Crippen LogP) is 1.71. The number of hydrogen-bond acceptors (Lipinski definition) is 4. The summed E-state index contributed by atoms with van der Waals surface area (Å²) in [4.78, 5) is 25.2. The summed E-state index contributed by atoms with van der Waals surface area (Å²) in [5.74, 6) is -0.109. The number of nitrogens with zero attached hydrogens (tertiary/aromatic N) is 1. The van der Waals surface area contributed by atoms with Gasteiger partial charge in [-0.15, -0.1) is 0 Å². The van der Waals surface area contributed by atoms with E-state index in [1.165, 1.54) is 0 Å². The Morgan fingerprint density at radius 1 is 1.33 bits per heavy atom. The second kappa shape index (κ2) is 8.01. The van der Waals surface area contributed by atoms with Crippen LogP contribution in [-0.2, 0) is 4.79 Å². The highest BCUT2D eigenvalue weighted by Crippen LogP contribution is 2.26. The Hall–Kier alpha value is -2.28. The molecule has 0 unspecified atom stereocenters. The standard InChI is InChI=1S/C17H25N3O4/c1-2-3-12-24-14-7-5-4-6-13(14)19-16(22)20-10-8-17(23,9-11-20)15(18)21/h4-7,23H,2-3,8-12H2,1H3,(H2,18,21)(H,19,22). The number of amides is 3. The SMILES string of the molecule is CCCCOc1ccccc1NC(=O)N1CCC(O)(C(N)=O)CC1. The maximum atomic E-state index is 12.4. The van der Waals surface area contributed by atoms with Crippen molar-refractivity contribution in [3.63, 3.8) is 0 Å². The van der Waals surface area contributed by atoms with E-state index in [0.29, 0.717) is 18.0 Å². The van der Waals surface area contributed by atoms with Crippen molar-refractivity contribution in [1.82, 2.24) is 4.90 Å². The van der Waals surface area contributed by atoms with Gasteiger partial charge in [0.05, 0.1) is 12.3 Å². The fourth-order valence-corrected chi connectivity index (χ4v) is 2.54. The van der Waals surface area contributed by atoms with Gasteiger partial charge >= 0.3 is 6.03 Å². The van der Waals surface area contributed by atoms with Crippen LogP contribution in [0.2, 0.25) is 0 Å². The molecule has 132 valence electrons. The molecule has 24 heavy (non-hydrogen) atoms. The van der Waals surface area contributed by atoms with Crippen molar-refractivity contribution in [2.45, 2.75) is 38.2 Å². The molecule has 2 rings (SSSR count). The van der Waals surface area contributed by atoms with E-state index in [4.69, 9.17) is 10.5 Å². The van der Waals surface area contributed by atoms with Gasteiger partial charge in [0.1, 0.15) is 11.4 Å². The summed E-state index contributed by atoms with van der Waals surface area (Å²) in [5, 5.41) is 12.9. The highest BCUT2D eigenvalue weighted by atomic mass is 16.5. The van der Waals surface area contributed by atoms with E-state index in [0.717, 1.165) is 12.8 Å². The molecule has 3 amide bonds. The summed E-state index contributed by atoms with van der Waals surface area (Å²) < 4.78 is 5.70. The van der Waals surface area contributed by atoms with Gasteiger partial charge < -0.3 is 25.8 Å². The summed E-state index contributed by atoms with van der Waals surface area (Å²) >= 11 is 0. The molecule has 0 aromatic heterocycles. The Morgan fingerprint density at radius 2 is 2.00 bits per heavy atom. The third kappa shape index (κ3) is 4.38. The van der Waals surface area contributed by atoms with Gasteiger partial charge in [-0.25, -0.2) is 4.79 Å². The van der Waals surface area contributed by atoms with Crippen molar-refractivity contribution >= 4 is 17.6 Å². The number of carbonyl (C=O) groups is 2. The highest BCUT2D eigenvalue weighted by molar-refractivity contribution is 5.91. The summed E-state index contributed by atoms with van der Waals surface area (Å²) in [6.07, 6.45) is 2.26. The molecule has 0 radical (unpaired) electrons. The number of benzene rings is 1. The van der Waals surface area contributed by atoms with E-state index in [2.05, 4.69) is 12.2 Å². The topological polar surface area (TPSA) is 105 Å². The number of para-hydroxylation sites is 2. The number of ether oxygens (including phenoxy) is 1. The second-order valence-corrected chi connectivity index (χ2v) is 6.01. The molecule has 1 fully saturated rings. The maximum Gasteiger partial charge on any atom is 0.321 e. The van der Waals surface area contributed by atoms with Gasteiger partial charge in [-0.1, -0.05) is 25.5 Å². The third-order valence-electron chi connectivity index (χ3n) is 4.22. The number of nitrogens with one attached hydrogen (secondary N) is 1. The van der Waals surface area contributed by atoms with Crippen LogP contribution >= 0.6 is 0 Å². The number of likely N-dealkylation sites (tertiary alicyclic amines) is 1. The largest absolute Gasteiger partial charge is 0.491 e. The molecule has 7 heteroatoms. The lowest BCUT2D eigenvalue weighted by molar-refractivity contribution is -0.140. The highest BCUT2D eigenvalue weighted by Gasteiger charge is 2.38. The first kappa shape index (κ1) is 18.1. The number of hydrogen-bond donors (Lipinski definition) is 3. The van der Waals surface area contributed by atoms with Crippen molar-refractivity contribution in [3.05, 3.63) is 24.3 Å². The van der Waals surface area contributed by atoms with Crippen molar-refractivity contribution in [3.8, 4) is 5.75 Å².